The Kier molecular flexibility index (Phi) is 0.538. The van der Waals surface area contributed by atoms with E-state index >= 15 is 0 Å². The van der Waals surface area contributed by atoms with E-state index < -0.39 is 0 Å². The summed E-state index contributed by atoms with van der Waals surface area (Å²) in [5.41, 5.74) is 0. The molecule has 0 bridgehead atoms. The van der Waals surface area contributed by atoms with E-state index in [-0.39, 0.29) is 5.75 Å². The van der Waals surface area contributed by atoms with Crippen molar-refractivity contribution in [2.45, 2.75) is 0 Å². The summed E-state index contributed by atoms with van der Waals surface area (Å²) in [5.74, 6) is -0.0741. The van der Waals surface area contributed by atoms with Gasteiger partial charge in [-0.3, -0.25) is 10.2 Å². The fourth-order valence-electron chi connectivity index (χ4n) is 0.239. The maximum absolute atomic E-state index is 9.98. The van der Waals surface area contributed by atoms with Gasteiger partial charge in [-0.1, -0.05) is 0 Å². The van der Waals surface area contributed by atoms with Crippen molar-refractivity contribution in [3.05, 3.63) is 12.4 Å². The molecule has 0 atom stereocenters. The van der Waals surface area contributed by atoms with Gasteiger partial charge < -0.3 is 0 Å². The number of hydrogen-bond acceptors (Lipinski definition) is 1. The monoisotopic (exact) mass is 83.0 g/mol. The molecule has 1 radical (unpaired) electrons. The molecule has 0 saturated carbocycles. The Hall–Kier alpha value is -0.990. The third-order valence-electron chi connectivity index (χ3n) is 0.473. The molecule has 0 unspecified atom stereocenters. The number of H-pyrrole nitrogens is 1. The maximum Gasteiger partial charge on any atom is 0.216 e. The molecule has 31 valence electrons. The average Bonchev–Trinajstić information content (AvgIpc) is 1.86. The molecular weight excluding hydrogens is 80.0 g/mol. The molecule has 0 saturated heterocycles. The Morgan fingerprint density at radius 2 is 2.67 bits per heavy atom. The van der Waals surface area contributed by atoms with Crippen molar-refractivity contribution < 1.29 is 5.11 Å². The van der Waals surface area contributed by atoms with Crippen LogP contribution in [0.2, 0.25) is 0 Å². The van der Waals surface area contributed by atoms with E-state index in [1.807, 2.05) is 0 Å². The quantitative estimate of drug-likeness (QED) is 0.489. The van der Waals surface area contributed by atoms with Gasteiger partial charge in [-0.25, -0.2) is 0 Å². The van der Waals surface area contributed by atoms with Crippen molar-refractivity contribution in [3.63, 3.8) is 0 Å². The van der Waals surface area contributed by atoms with Crippen LogP contribution in [-0.2, 0) is 5.11 Å². The van der Waals surface area contributed by atoms with Crippen LogP contribution in [-0.4, -0.2) is 10.2 Å². The van der Waals surface area contributed by atoms with Crippen molar-refractivity contribution >= 4 is 0 Å². The zero-order chi connectivity index (χ0) is 4.41. The summed E-state index contributed by atoms with van der Waals surface area (Å²) >= 11 is 0. The van der Waals surface area contributed by atoms with Gasteiger partial charge >= 0.3 is 0 Å². The second-order valence-electron chi connectivity index (χ2n) is 0.934. The smallest absolute Gasteiger partial charge is 0.216 e. The van der Waals surface area contributed by atoms with Gasteiger partial charge in [-0.2, -0.15) is 5.10 Å². The zero-order valence-electron chi connectivity index (χ0n) is 3.01. The second kappa shape index (κ2) is 1.01. The van der Waals surface area contributed by atoms with Crippen LogP contribution in [0.15, 0.2) is 12.4 Å². The van der Waals surface area contributed by atoms with Crippen molar-refractivity contribution in [2.75, 3.05) is 0 Å². The fraction of sp³-hybridized carbons (Fsp3) is 0. The largest absolute Gasteiger partial charge is 0.286 e. The number of aromatic nitrogens is 2. The summed E-state index contributed by atoms with van der Waals surface area (Å²) in [4.78, 5) is 0. The highest BCUT2D eigenvalue weighted by atomic mass is 16.3. The lowest BCUT2D eigenvalue weighted by molar-refractivity contribution is 0.355. The Labute approximate surface area is 34.6 Å². The van der Waals surface area contributed by atoms with E-state index in [1.165, 1.54) is 12.4 Å². The third kappa shape index (κ3) is 0.337. The molecule has 0 aliphatic heterocycles. The van der Waals surface area contributed by atoms with Crippen LogP contribution in [0.1, 0.15) is 0 Å². The summed E-state index contributed by atoms with van der Waals surface area (Å²) in [6.07, 6.45) is 2.51. The molecule has 6 heavy (non-hydrogen) atoms. The molecule has 0 aliphatic rings. The highest BCUT2D eigenvalue weighted by Gasteiger charge is 1.82. The van der Waals surface area contributed by atoms with Crippen LogP contribution in [0.25, 0.3) is 0 Å². The molecule has 3 nitrogen and oxygen atoms in total. The predicted octanol–water partition coefficient (Wildman–Crippen LogP) is 0.553. The van der Waals surface area contributed by atoms with Gasteiger partial charge in [0.2, 0.25) is 5.75 Å². The standard InChI is InChI=1S/C3H3N2O/c6-3-1-4-5-2-3/h1-2H,(H,4,5). The Bertz CT molecular complexity index is 112. The third-order valence-corrected chi connectivity index (χ3v) is 0.473. The average molecular weight is 83.1 g/mol. The molecule has 0 aromatic carbocycles. The molecule has 1 heterocycles. The first kappa shape index (κ1) is 3.21. The van der Waals surface area contributed by atoms with Crippen LogP contribution < -0.4 is 0 Å². The SMILES string of the molecule is [O]c1cn[nH]c1. The Morgan fingerprint density at radius 3 is 2.83 bits per heavy atom. The lowest BCUT2D eigenvalue weighted by Crippen LogP contribution is -1.53. The summed E-state index contributed by atoms with van der Waals surface area (Å²) in [7, 11) is 0. The van der Waals surface area contributed by atoms with Crippen molar-refractivity contribution in [2.24, 2.45) is 0 Å². The number of aromatic amines is 1. The van der Waals surface area contributed by atoms with Crippen molar-refractivity contribution in [1.29, 1.82) is 0 Å². The van der Waals surface area contributed by atoms with Crippen molar-refractivity contribution in [3.8, 4) is 5.75 Å². The van der Waals surface area contributed by atoms with Gasteiger partial charge in [0.25, 0.3) is 0 Å². The van der Waals surface area contributed by atoms with Gasteiger partial charge in [-0.15, -0.1) is 0 Å². The summed E-state index contributed by atoms with van der Waals surface area (Å²) in [5, 5.41) is 15.7. The topological polar surface area (TPSA) is 48.6 Å². The van der Waals surface area contributed by atoms with E-state index in [1.54, 1.807) is 0 Å². The maximum atomic E-state index is 9.98. The Balaban J connectivity index is 3.05. The van der Waals surface area contributed by atoms with Crippen LogP contribution in [0, 0.1) is 0 Å². The van der Waals surface area contributed by atoms with E-state index in [0.29, 0.717) is 0 Å². The van der Waals surface area contributed by atoms with Gasteiger partial charge in [0.15, 0.2) is 0 Å². The molecule has 1 N–H and O–H groups in total. The molecule has 1 rings (SSSR count). The zero-order valence-corrected chi connectivity index (χ0v) is 3.01. The van der Waals surface area contributed by atoms with Gasteiger partial charge in [0, 0.05) is 0 Å². The van der Waals surface area contributed by atoms with Gasteiger partial charge in [0.1, 0.15) is 0 Å². The first-order chi connectivity index (χ1) is 2.89. The fourth-order valence-corrected chi connectivity index (χ4v) is 0.239. The normalized spacial score (nSPS) is 8.67. The minimum atomic E-state index is -0.0741. The van der Waals surface area contributed by atoms with Crippen LogP contribution in [0.4, 0.5) is 0 Å². The molecule has 1 aromatic rings. The lowest BCUT2D eigenvalue weighted by atomic mass is 10.7. The van der Waals surface area contributed by atoms with E-state index in [0.717, 1.165) is 0 Å². The number of hydrogen-bond donors (Lipinski definition) is 1. The molecule has 0 fully saturated rings. The van der Waals surface area contributed by atoms with Crippen LogP contribution in [0.3, 0.4) is 0 Å². The van der Waals surface area contributed by atoms with Crippen LogP contribution in [0.5, 0.6) is 5.75 Å². The van der Waals surface area contributed by atoms with E-state index in [9.17, 15) is 5.11 Å². The number of nitrogens with one attached hydrogen (secondary N) is 1. The minimum absolute atomic E-state index is 0.0741. The second-order valence-corrected chi connectivity index (χ2v) is 0.934. The van der Waals surface area contributed by atoms with Gasteiger partial charge in [0.05, 0.1) is 12.4 Å². The highest BCUT2D eigenvalue weighted by Crippen LogP contribution is 1.99. The number of nitrogens with zero attached hydrogens (tertiary/aromatic N) is 1. The molecular formula is C3H3N2O. The minimum Gasteiger partial charge on any atom is -0.286 e. The summed E-state index contributed by atoms with van der Waals surface area (Å²) < 4.78 is 0. The molecule has 1 aromatic heterocycles. The lowest BCUT2D eigenvalue weighted by Gasteiger charge is -1.57. The van der Waals surface area contributed by atoms with Crippen molar-refractivity contribution in [1.82, 2.24) is 10.2 Å². The predicted molar refractivity (Wildman–Crippen MR) is 18.7 cm³/mol. The first-order valence-electron chi connectivity index (χ1n) is 1.55. The summed E-state index contributed by atoms with van der Waals surface area (Å²) in [6, 6.07) is 0. The Morgan fingerprint density at radius 1 is 1.83 bits per heavy atom. The van der Waals surface area contributed by atoms with Crippen LogP contribution >= 0.6 is 0 Å². The summed E-state index contributed by atoms with van der Waals surface area (Å²) in [6.45, 7) is 0. The molecule has 0 spiro atoms. The molecule has 3 heteroatoms. The molecule has 0 aliphatic carbocycles. The highest BCUT2D eigenvalue weighted by molar-refractivity contribution is 5.05. The van der Waals surface area contributed by atoms with E-state index in [4.69, 9.17) is 0 Å². The number of rotatable bonds is 0. The van der Waals surface area contributed by atoms with Gasteiger partial charge in [-0.05, 0) is 0 Å². The van der Waals surface area contributed by atoms with E-state index in [2.05, 4.69) is 10.2 Å². The molecule has 0 amide bonds. The first-order valence-corrected chi connectivity index (χ1v) is 1.55.